The molecule has 1 aliphatic heterocycles. The molecule has 5 N–H and O–H groups in total. The van der Waals surface area contributed by atoms with Gasteiger partial charge in [0.05, 0.1) is 6.54 Å². The van der Waals surface area contributed by atoms with Crippen LogP contribution >= 0.6 is 0 Å². The summed E-state index contributed by atoms with van der Waals surface area (Å²) in [4.78, 5) is 19.2. The predicted octanol–water partition coefficient (Wildman–Crippen LogP) is 6.61. The average Bonchev–Trinajstić information content (AvgIpc) is 3.02. The maximum Gasteiger partial charge on any atom is 0.209 e. The molecule has 1 heterocycles. The highest BCUT2D eigenvalue weighted by molar-refractivity contribution is 5.75. The van der Waals surface area contributed by atoms with Gasteiger partial charge in [-0.1, -0.05) is 59.2 Å². The third kappa shape index (κ3) is 14.7. The van der Waals surface area contributed by atoms with Crippen molar-refractivity contribution in [1.82, 2.24) is 15.1 Å². The first-order valence-corrected chi connectivity index (χ1v) is 16.8. The minimum Gasteiger partial charge on any atom is -0.370 e. The summed E-state index contributed by atoms with van der Waals surface area (Å²) in [6.45, 7) is 21.0. The highest BCUT2D eigenvalue weighted by atomic mass is 19.1. The molecule has 1 saturated heterocycles. The van der Waals surface area contributed by atoms with E-state index >= 15 is 0 Å². The number of nitrogens with zero attached hydrogens (tertiary/aromatic N) is 3. The van der Waals surface area contributed by atoms with Gasteiger partial charge in [0.25, 0.3) is 0 Å². The van der Waals surface area contributed by atoms with Crippen LogP contribution in [-0.4, -0.2) is 68.0 Å². The third-order valence-corrected chi connectivity index (χ3v) is 8.23. The number of rotatable bonds is 14. The van der Waals surface area contributed by atoms with Crippen molar-refractivity contribution in [3.05, 3.63) is 69.8 Å². The van der Waals surface area contributed by atoms with E-state index in [9.17, 15) is 13.6 Å². The zero-order valence-electron chi connectivity index (χ0n) is 29.0. The smallest absolute Gasteiger partial charge is 0.209 e. The van der Waals surface area contributed by atoms with Crippen LogP contribution in [0.4, 0.5) is 8.78 Å². The van der Waals surface area contributed by atoms with Gasteiger partial charge in [-0.2, -0.15) is 0 Å². The fraction of sp³-hybridized carbons (Fsp3) is 0.611. The number of hydrogen-bond donors (Lipinski definition) is 3. The number of carbonyl (C=O) groups excluding carboxylic acids is 1. The summed E-state index contributed by atoms with van der Waals surface area (Å²) in [5, 5.41) is 3.60. The molecular formula is C36H60F2N6O. The van der Waals surface area contributed by atoms with Crippen molar-refractivity contribution in [2.75, 3.05) is 45.8 Å². The minimum absolute atomic E-state index is 0.133. The molecule has 1 amide bonds. The van der Waals surface area contributed by atoms with Gasteiger partial charge in [-0.15, -0.1) is 0 Å². The summed E-state index contributed by atoms with van der Waals surface area (Å²) in [5.74, 6) is -0.299. The quantitative estimate of drug-likeness (QED) is 0.0945. The Balaban J connectivity index is 0.000000455. The van der Waals surface area contributed by atoms with Crippen LogP contribution < -0.4 is 16.8 Å². The van der Waals surface area contributed by atoms with Gasteiger partial charge in [-0.05, 0) is 105 Å². The van der Waals surface area contributed by atoms with Crippen LogP contribution in [0, 0.1) is 25.5 Å². The lowest BCUT2D eigenvalue weighted by Crippen LogP contribution is -2.33. The summed E-state index contributed by atoms with van der Waals surface area (Å²) in [6, 6.07) is 8.77. The second-order valence-corrected chi connectivity index (χ2v) is 11.8. The number of aliphatic imine (C=N–C) groups is 1. The molecule has 0 aliphatic carbocycles. The van der Waals surface area contributed by atoms with Crippen LogP contribution in [0.3, 0.4) is 0 Å². The standard InChI is InChI=1S/C20H33N5O.C13H19F2N.C3H8/c1-4-19(23-7-8-24-20(21)22)18-12-15(3)14(2)11-17(18)16-5-9-25(13-26)10-6-16;1-3-16(4-2)9-5-6-11-7-8-12(14)10-13(11)15;1-3-2/h11-13,16,19,23H,4-10H2,1-3H3,(H4,21,22,24);7-8,10H,3-6,9H2,1-2H3;3H2,1-2H3. The van der Waals surface area contributed by atoms with Crippen molar-refractivity contribution >= 4 is 12.4 Å². The Morgan fingerprint density at radius 2 is 1.67 bits per heavy atom. The van der Waals surface area contributed by atoms with Crippen molar-refractivity contribution in [1.29, 1.82) is 0 Å². The van der Waals surface area contributed by atoms with E-state index in [-0.39, 0.29) is 12.0 Å². The van der Waals surface area contributed by atoms with E-state index in [0.29, 0.717) is 24.4 Å². The Labute approximate surface area is 271 Å². The number of nitrogens with one attached hydrogen (secondary N) is 1. The van der Waals surface area contributed by atoms with Gasteiger partial charge < -0.3 is 26.6 Å². The number of aryl methyl sites for hydroxylation is 3. The lowest BCUT2D eigenvalue weighted by Gasteiger charge is -2.32. The van der Waals surface area contributed by atoms with Crippen molar-refractivity contribution in [2.24, 2.45) is 16.5 Å². The Morgan fingerprint density at radius 3 is 2.20 bits per heavy atom. The Morgan fingerprint density at radius 1 is 1.04 bits per heavy atom. The fourth-order valence-electron chi connectivity index (χ4n) is 5.49. The van der Waals surface area contributed by atoms with Crippen molar-refractivity contribution in [3.8, 4) is 0 Å². The third-order valence-electron chi connectivity index (χ3n) is 8.23. The van der Waals surface area contributed by atoms with Gasteiger partial charge >= 0.3 is 0 Å². The fourth-order valence-corrected chi connectivity index (χ4v) is 5.49. The van der Waals surface area contributed by atoms with Crippen molar-refractivity contribution < 1.29 is 13.6 Å². The number of guanidine groups is 1. The molecule has 1 unspecified atom stereocenters. The number of halogens is 2. The molecule has 9 heteroatoms. The molecule has 0 radical (unpaired) electrons. The van der Waals surface area contributed by atoms with E-state index in [1.54, 1.807) is 0 Å². The molecule has 45 heavy (non-hydrogen) atoms. The normalized spacial score (nSPS) is 13.8. The summed E-state index contributed by atoms with van der Waals surface area (Å²) in [6.07, 6.45) is 6.85. The van der Waals surface area contributed by atoms with Gasteiger partial charge in [0, 0.05) is 31.7 Å². The number of benzene rings is 2. The second-order valence-electron chi connectivity index (χ2n) is 11.8. The first kappa shape index (κ1) is 40.0. The molecule has 1 aliphatic rings. The molecule has 2 aromatic carbocycles. The molecule has 1 atom stereocenters. The van der Waals surface area contributed by atoms with E-state index in [2.05, 4.69) is 75.8 Å². The van der Waals surface area contributed by atoms with Crippen LogP contribution in [0.1, 0.15) is 106 Å². The first-order valence-electron chi connectivity index (χ1n) is 16.8. The highest BCUT2D eigenvalue weighted by Crippen LogP contribution is 2.35. The Hall–Kier alpha value is -3.04. The molecule has 254 valence electrons. The minimum atomic E-state index is -0.509. The topological polar surface area (TPSA) is 100.0 Å². The van der Waals surface area contributed by atoms with Gasteiger partial charge in [0.2, 0.25) is 6.41 Å². The lowest BCUT2D eigenvalue weighted by atomic mass is 9.82. The van der Waals surface area contributed by atoms with Gasteiger partial charge in [0.1, 0.15) is 11.6 Å². The number of piperidine rings is 1. The van der Waals surface area contributed by atoms with Gasteiger partial charge in [-0.25, -0.2) is 8.78 Å². The number of carbonyl (C=O) groups is 1. The number of amides is 1. The van der Waals surface area contributed by atoms with Gasteiger partial charge in [-0.3, -0.25) is 9.79 Å². The van der Waals surface area contributed by atoms with E-state index < -0.39 is 11.6 Å². The lowest BCUT2D eigenvalue weighted by molar-refractivity contribution is -0.119. The molecule has 0 aromatic heterocycles. The molecular weight excluding hydrogens is 570 g/mol. The number of likely N-dealkylation sites (tertiary alicyclic amines) is 1. The summed E-state index contributed by atoms with van der Waals surface area (Å²) in [5.41, 5.74) is 16.9. The average molecular weight is 631 g/mol. The molecule has 7 nitrogen and oxygen atoms in total. The van der Waals surface area contributed by atoms with Crippen LogP contribution in [0.15, 0.2) is 35.3 Å². The zero-order valence-corrected chi connectivity index (χ0v) is 29.0. The molecule has 2 aromatic rings. The SMILES string of the molecule is CCC.CCC(NCCN=C(N)N)c1cc(C)c(C)cc1C1CCN(C=O)CC1.CCN(CC)CCCc1ccc(F)cc1F. The van der Waals surface area contributed by atoms with E-state index in [0.717, 1.165) is 77.4 Å². The molecule has 0 bridgehead atoms. The van der Waals surface area contributed by atoms with E-state index in [1.807, 2.05) is 4.90 Å². The van der Waals surface area contributed by atoms with Crippen LogP contribution in [0.5, 0.6) is 0 Å². The molecule has 1 fully saturated rings. The summed E-state index contributed by atoms with van der Waals surface area (Å²) >= 11 is 0. The number of nitrogens with two attached hydrogens (primary N) is 2. The van der Waals surface area contributed by atoms with Crippen molar-refractivity contribution in [2.45, 2.75) is 99.0 Å². The van der Waals surface area contributed by atoms with Crippen molar-refractivity contribution in [3.63, 3.8) is 0 Å². The highest BCUT2D eigenvalue weighted by Gasteiger charge is 2.25. The Bertz CT molecular complexity index is 1140. The second kappa shape index (κ2) is 22.5. The largest absolute Gasteiger partial charge is 0.370 e. The molecule has 0 spiro atoms. The number of hydrogen-bond acceptors (Lipinski definition) is 4. The van der Waals surface area contributed by atoms with E-state index in [4.69, 9.17) is 11.5 Å². The maximum absolute atomic E-state index is 13.3. The zero-order chi connectivity index (χ0) is 33.8. The Kier molecular flexibility index (Phi) is 20.0. The monoisotopic (exact) mass is 630 g/mol. The molecule has 0 saturated carbocycles. The maximum atomic E-state index is 13.3. The van der Waals surface area contributed by atoms with Crippen LogP contribution in [0.2, 0.25) is 0 Å². The summed E-state index contributed by atoms with van der Waals surface area (Å²) in [7, 11) is 0. The summed E-state index contributed by atoms with van der Waals surface area (Å²) < 4.78 is 25.9. The predicted molar refractivity (Wildman–Crippen MR) is 186 cm³/mol. The first-order chi connectivity index (χ1) is 21.5. The van der Waals surface area contributed by atoms with E-state index in [1.165, 1.54) is 40.8 Å². The van der Waals surface area contributed by atoms with Crippen LogP contribution in [0.25, 0.3) is 0 Å². The molecule has 3 rings (SSSR count). The van der Waals surface area contributed by atoms with Crippen LogP contribution in [-0.2, 0) is 11.2 Å². The van der Waals surface area contributed by atoms with Gasteiger partial charge in [0.15, 0.2) is 5.96 Å².